The summed E-state index contributed by atoms with van der Waals surface area (Å²) in [5.41, 5.74) is 1.75. The fourth-order valence-corrected chi connectivity index (χ4v) is 1.77. The minimum Gasteiger partial charge on any atom is -0.341 e. The molecule has 0 aromatic carbocycles. The highest BCUT2D eigenvalue weighted by Crippen LogP contribution is 2.06. The molecule has 2 aromatic rings. The number of nitrogens with zero attached hydrogens (tertiary/aromatic N) is 4. The van der Waals surface area contributed by atoms with E-state index < -0.39 is 0 Å². The average molecular weight is 266 g/mol. The van der Waals surface area contributed by atoms with E-state index in [-0.39, 0.29) is 5.91 Å². The molecule has 0 unspecified atom stereocenters. The molecule has 2 aromatic heterocycles. The smallest absolute Gasteiger partial charge is 0.255 e. The Morgan fingerprint density at radius 1 is 1.40 bits per heavy atom. The lowest BCUT2D eigenvalue weighted by molar-refractivity contribution is 0.0796. The van der Waals surface area contributed by atoms with E-state index in [1.165, 1.54) is 12.4 Å². The third-order valence-electron chi connectivity index (χ3n) is 2.89. The van der Waals surface area contributed by atoms with Crippen LogP contribution in [0.15, 0.2) is 42.9 Å². The van der Waals surface area contributed by atoms with Crippen LogP contribution >= 0.6 is 0 Å². The molecule has 2 rings (SSSR count). The third kappa shape index (κ3) is 3.39. The number of nitriles is 1. The van der Waals surface area contributed by atoms with Crippen LogP contribution in [-0.2, 0) is 6.42 Å². The van der Waals surface area contributed by atoms with Crippen LogP contribution in [-0.4, -0.2) is 34.4 Å². The van der Waals surface area contributed by atoms with Crippen molar-refractivity contribution < 1.29 is 4.79 Å². The van der Waals surface area contributed by atoms with Crippen LogP contribution in [0.4, 0.5) is 0 Å². The lowest BCUT2D eigenvalue weighted by Crippen LogP contribution is -2.29. The van der Waals surface area contributed by atoms with Crippen molar-refractivity contribution in [2.75, 3.05) is 13.6 Å². The second-order valence-corrected chi connectivity index (χ2v) is 4.37. The van der Waals surface area contributed by atoms with Crippen LogP contribution < -0.4 is 0 Å². The first-order chi connectivity index (χ1) is 9.70. The largest absolute Gasteiger partial charge is 0.341 e. The van der Waals surface area contributed by atoms with Crippen molar-refractivity contribution >= 4 is 5.91 Å². The van der Waals surface area contributed by atoms with Gasteiger partial charge in [-0.15, -0.1) is 0 Å². The number of aromatic nitrogens is 2. The third-order valence-corrected chi connectivity index (χ3v) is 2.89. The van der Waals surface area contributed by atoms with Gasteiger partial charge in [0, 0.05) is 44.3 Å². The Hall–Kier alpha value is -2.74. The van der Waals surface area contributed by atoms with Gasteiger partial charge in [0.1, 0.15) is 6.07 Å². The van der Waals surface area contributed by atoms with Crippen LogP contribution in [0.25, 0.3) is 0 Å². The first-order valence-corrected chi connectivity index (χ1v) is 6.21. The molecule has 0 saturated carbocycles. The summed E-state index contributed by atoms with van der Waals surface area (Å²) in [4.78, 5) is 21.9. The Labute approximate surface area is 117 Å². The van der Waals surface area contributed by atoms with E-state index in [2.05, 4.69) is 9.97 Å². The zero-order valence-corrected chi connectivity index (χ0v) is 11.2. The first kappa shape index (κ1) is 13.7. The molecule has 100 valence electrons. The number of amides is 1. The van der Waals surface area contributed by atoms with Crippen molar-refractivity contribution in [2.45, 2.75) is 6.42 Å². The molecule has 0 atom stereocenters. The quantitative estimate of drug-likeness (QED) is 0.844. The van der Waals surface area contributed by atoms with Crippen LogP contribution in [0.1, 0.15) is 21.6 Å². The normalized spacial score (nSPS) is 9.80. The molecule has 5 heteroatoms. The molecule has 0 bridgehead atoms. The van der Waals surface area contributed by atoms with Crippen LogP contribution in [0.3, 0.4) is 0 Å². The van der Waals surface area contributed by atoms with Gasteiger partial charge in [-0.1, -0.05) is 6.07 Å². The van der Waals surface area contributed by atoms with Crippen molar-refractivity contribution in [3.63, 3.8) is 0 Å². The Morgan fingerprint density at radius 2 is 2.25 bits per heavy atom. The maximum absolute atomic E-state index is 12.2. The monoisotopic (exact) mass is 266 g/mol. The summed E-state index contributed by atoms with van der Waals surface area (Å²) >= 11 is 0. The molecule has 0 N–H and O–H groups in total. The zero-order valence-electron chi connectivity index (χ0n) is 11.2. The Balaban J connectivity index is 2.00. The van der Waals surface area contributed by atoms with Crippen molar-refractivity contribution in [2.24, 2.45) is 0 Å². The number of carbonyl (C=O) groups is 1. The molecule has 0 saturated heterocycles. The van der Waals surface area contributed by atoms with Gasteiger partial charge in [0.15, 0.2) is 0 Å². The van der Waals surface area contributed by atoms with Crippen LogP contribution in [0.2, 0.25) is 0 Å². The first-order valence-electron chi connectivity index (χ1n) is 6.21. The summed E-state index contributed by atoms with van der Waals surface area (Å²) in [6.07, 6.45) is 5.33. The number of hydrogen-bond acceptors (Lipinski definition) is 4. The Bertz CT molecular complexity index is 634. The molecule has 0 aliphatic carbocycles. The number of pyridine rings is 2. The number of likely N-dealkylation sites (N-methyl/N-ethyl adjacent to an activating group) is 1. The minimum absolute atomic E-state index is 0.148. The SMILES string of the molecule is CN(CCc1ccccn1)C(=O)c1cncc(C#N)c1. The molecule has 0 fully saturated rings. The minimum atomic E-state index is -0.148. The van der Waals surface area contributed by atoms with Crippen LogP contribution in [0.5, 0.6) is 0 Å². The molecule has 20 heavy (non-hydrogen) atoms. The van der Waals surface area contributed by atoms with Crippen molar-refractivity contribution in [3.05, 3.63) is 59.7 Å². The molecule has 0 radical (unpaired) electrons. The summed E-state index contributed by atoms with van der Waals surface area (Å²) in [5.74, 6) is -0.148. The second-order valence-electron chi connectivity index (χ2n) is 4.37. The number of rotatable bonds is 4. The topological polar surface area (TPSA) is 69.9 Å². The molecular weight excluding hydrogens is 252 g/mol. The van der Waals surface area contributed by atoms with E-state index in [1.54, 1.807) is 24.2 Å². The van der Waals surface area contributed by atoms with E-state index in [1.807, 2.05) is 24.3 Å². The molecule has 1 amide bonds. The van der Waals surface area contributed by atoms with Gasteiger partial charge in [-0.2, -0.15) is 5.26 Å². The summed E-state index contributed by atoms with van der Waals surface area (Å²) in [7, 11) is 1.73. The molecular formula is C15H14N4O. The van der Waals surface area contributed by atoms with E-state index in [9.17, 15) is 4.79 Å². The summed E-state index contributed by atoms with van der Waals surface area (Å²) in [6, 6.07) is 9.23. The van der Waals surface area contributed by atoms with Crippen molar-refractivity contribution in [3.8, 4) is 6.07 Å². The Kier molecular flexibility index (Phi) is 4.40. The Morgan fingerprint density at radius 3 is 2.95 bits per heavy atom. The van der Waals surface area contributed by atoms with E-state index in [0.717, 1.165) is 5.69 Å². The summed E-state index contributed by atoms with van der Waals surface area (Å²) in [6.45, 7) is 0.562. The van der Waals surface area contributed by atoms with Gasteiger partial charge in [-0.05, 0) is 18.2 Å². The lowest BCUT2D eigenvalue weighted by Gasteiger charge is -2.16. The summed E-state index contributed by atoms with van der Waals surface area (Å²) in [5, 5.41) is 8.81. The predicted octanol–water partition coefficient (Wildman–Crippen LogP) is 1.66. The van der Waals surface area contributed by atoms with Gasteiger partial charge < -0.3 is 4.90 Å². The maximum Gasteiger partial charge on any atom is 0.255 e. The van der Waals surface area contributed by atoms with Gasteiger partial charge in [0.2, 0.25) is 0 Å². The fraction of sp³-hybridized carbons (Fsp3) is 0.200. The predicted molar refractivity (Wildman–Crippen MR) is 73.9 cm³/mol. The zero-order chi connectivity index (χ0) is 14.4. The lowest BCUT2D eigenvalue weighted by atomic mass is 10.2. The van der Waals surface area contributed by atoms with E-state index in [4.69, 9.17) is 5.26 Å². The average Bonchev–Trinajstić information content (AvgIpc) is 2.53. The van der Waals surface area contributed by atoms with Gasteiger partial charge in [0.25, 0.3) is 5.91 Å². The van der Waals surface area contributed by atoms with Crippen molar-refractivity contribution in [1.29, 1.82) is 5.26 Å². The molecule has 0 aliphatic heterocycles. The fourth-order valence-electron chi connectivity index (χ4n) is 1.77. The van der Waals surface area contributed by atoms with Gasteiger partial charge >= 0.3 is 0 Å². The molecule has 0 aliphatic rings. The molecule has 5 nitrogen and oxygen atoms in total. The second kappa shape index (κ2) is 6.43. The number of carbonyl (C=O) groups excluding carboxylic acids is 1. The standard InChI is InChI=1S/C15H14N4O/c1-19(7-5-14-4-2-3-6-18-14)15(20)13-8-12(9-16)10-17-11-13/h2-4,6,8,10-11H,5,7H2,1H3. The van der Waals surface area contributed by atoms with Crippen LogP contribution in [0, 0.1) is 11.3 Å². The molecule has 2 heterocycles. The van der Waals surface area contributed by atoms with Crippen molar-refractivity contribution in [1.82, 2.24) is 14.9 Å². The maximum atomic E-state index is 12.2. The van der Waals surface area contributed by atoms with E-state index in [0.29, 0.717) is 24.1 Å². The van der Waals surface area contributed by atoms with Gasteiger partial charge in [-0.3, -0.25) is 14.8 Å². The highest BCUT2D eigenvalue weighted by atomic mass is 16.2. The number of hydrogen-bond donors (Lipinski definition) is 0. The summed E-state index contributed by atoms with van der Waals surface area (Å²) < 4.78 is 0. The van der Waals surface area contributed by atoms with E-state index >= 15 is 0 Å². The highest BCUT2D eigenvalue weighted by Gasteiger charge is 2.12. The van der Waals surface area contributed by atoms with Gasteiger partial charge in [0.05, 0.1) is 11.1 Å². The van der Waals surface area contributed by atoms with Gasteiger partial charge in [-0.25, -0.2) is 0 Å². The highest BCUT2D eigenvalue weighted by molar-refractivity contribution is 5.94. The molecule has 0 spiro atoms.